The minimum Gasteiger partial charge on any atom is -0.381 e. The van der Waals surface area contributed by atoms with Gasteiger partial charge in [-0.05, 0) is 50.5 Å². The van der Waals surface area contributed by atoms with Gasteiger partial charge in [-0.2, -0.15) is 0 Å². The largest absolute Gasteiger partial charge is 0.381 e. The second-order valence-corrected chi connectivity index (χ2v) is 7.14. The number of rotatable bonds is 7. The maximum absolute atomic E-state index is 6.18. The van der Waals surface area contributed by atoms with E-state index in [0.717, 1.165) is 31.7 Å². The molecule has 2 rings (SSSR count). The molecule has 2 unspecified atom stereocenters. The average Bonchev–Trinajstić information content (AvgIpc) is 2.98. The van der Waals surface area contributed by atoms with E-state index in [2.05, 4.69) is 18.7 Å². The lowest BCUT2D eigenvalue weighted by molar-refractivity contribution is -0.00199. The Hall–Kier alpha value is -0.120. The first kappa shape index (κ1) is 16.3. The third kappa shape index (κ3) is 4.44. The van der Waals surface area contributed by atoms with Crippen LogP contribution in [0.5, 0.6) is 0 Å². The molecule has 1 heterocycles. The van der Waals surface area contributed by atoms with Crippen LogP contribution in [0.2, 0.25) is 0 Å². The Balaban J connectivity index is 2.00. The zero-order valence-corrected chi connectivity index (χ0v) is 13.5. The van der Waals surface area contributed by atoms with Crippen molar-refractivity contribution in [3.8, 4) is 0 Å². The molecule has 3 heteroatoms. The highest BCUT2D eigenvalue weighted by molar-refractivity contribution is 4.88. The molecule has 118 valence electrons. The van der Waals surface area contributed by atoms with Crippen molar-refractivity contribution < 1.29 is 4.74 Å². The van der Waals surface area contributed by atoms with Gasteiger partial charge in [-0.15, -0.1) is 0 Å². The van der Waals surface area contributed by atoms with Gasteiger partial charge < -0.3 is 10.5 Å². The van der Waals surface area contributed by atoms with Gasteiger partial charge in [0.2, 0.25) is 0 Å². The molecular weight excluding hydrogens is 248 g/mol. The van der Waals surface area contributed by atoms with Crippen molar-refractivity contribution in [2.75, 3.05) is 26.3 Å². The summed E-state index contributed by atoms with van der Waals surface area (Å²) in [7, 11) is 0. The van der Waals surface area contributed by atoms with Crippen LogP contribution < -0.4 is 5.73 Å². The summed E-state index contributed by atoms with van der Waals surface area (Å²) >= 11 is 0. The molecule has 2 N–H and O–H groups in total. The van der Waals surface area contributed by atoms with Crippen LogP contribution in [-0.4, -0.2) is 43.3 Å². The molecule has 0 amide bonds. The summed E-state index contributed by atoms with van der Waals surface area (Å²) in [6.07, 6.45) is 9.37. The van der Waals surface area contributed by atoms with Crippen molar-refractivity contribution in [3.63, 3.8) is 0 Å². The van der Waals surface area contributed by atoms with Gasteiger partial charge in [-0.25, -0.2) is 0 Å². The van der Waals surface area contributed by atoms with E-state index in [-0.39, 0.29) is 0 Å². The van der Waals surface area contributed by atoms with Gasteiger partial charge in [0.05, 0.1) is 6.61 Å². The van der Waals surface area contributed by atoms with Crippen molar-refractivity contribution in [1.29, 1.82) is 0 Å². The summed E-state index contributed by atoms with van der Waals surface area (Å²) in [5.41, 5.74) is 6.18. The summed E-state index contributed by atoms with van der Waals surface area (Å²) in [5, 5.41) is 0. The van der Waals surface area contributed by atoms with Crippen molar-refractivity contribution in [2.24, 2.45) is 17.6 Å². The molecular formula is C17H34N2O. The number of nitrogens with two attached hydrogens (primary N) is 1. The van der Waals surface area contributed by atoms with Crippen LogP contribution in [0.3, 0.4) is 0 Å². The lowest BCUT2D eigenvalue weighted by Gasteiger charge is -2.41. The molecule has 0 spiro atoms. The summed E-state index contributed by atoms with van der Waals surface area (Å²) in [6, 6.07) is 1.32. The number of hydrogen-bond donors (Lipinski definition) is 1. The van der Waals surface area contributed by atoms with E-state index in [1.54, 1.807) is 0 Å². The fourth-order valence-corrected chi connectivity index (χ4v) is 3.93. The molecule has 1 saturated carbocycles. The lowest BCUT2D eigenvalue weighted by atomic mass is 9.90. The predicted octanol–water partition coefficient (Wildman–Crippen LogP) is 3.03. The third-order valence-corrected chi connectivity index (χ3v) is 5.17. The fourth-order valence-electron chi connectivity index (χ4n) is 3.93. The molecule has 0 bridgehead atoms. The van der Waals surface area contributed by atoms with Crippen molar-refractivity contribution in [3.05, 3.63) is 0 Å². The highest BCUT2D eigenvalue weighted by Gasteiger charge is 2.33. The Labute approximate surface area is 125 Å². The number of ether oxygens (including phenoxy) is 1. The first-order valence-corrected chi connectivity index (χ1v) is 8.76. The average molecular weight is 282 g/mol. The van der Waals surface area contributed by atoms with Crippen LogP contribution in [-0.2, 0) is 4.74 Å². The van der Waals surface area contributed by atoms with E-state index in [4.69, 9.17) is 10.5 Å². The fraction of sp³-hybridized carbons (Fsp3) is 1.00. The molecule has 2 atom stereocenters. The van der Waals surface area contributed by atoms with E-state index >= 15 is 0 Å². The monoisotopic (exact) mass is 282 g/mol. The van der Waals surface area contributed by atoms with Crippen LogP contribution in [0.15, 0.2) is 0 Å². The minimum atomic E-state index is 0.539. The van der Waals surface area contributed by atoms with E-state index in [1.165, 1.54) is 51.5 Å². The molecule has 1 saturated heterocycles. The van der Waals surface area contributed by atoms with Crippen molar-refractivity contribution >= 4 is 0 Å². The number of hydrogen-bond acceptors (Lipinski definition) is 3. The van der Waals surface area contributed by atoms with Gasteiger partial charge in [-0.3, -0.25) is 4.90 Å². The lowest BCUT2D eigenvalue weighted by Crippen LogP contribution is -2.52. The smallest absolute Gasteiger partial charge is 0.0509 e. The van der Waals surface area contributed by atoms with Gasteiger partial charge in [0.1, 0.15) is 0 Å². The maximum Gasteiger partial charge on any atom is 0.0509 e. The number of nitrogens with zero attached hydrogens (tertiary/aromatic N) is 1. The van der Waals surface area contributed by atoms with Crippen molar-refractivity contribution in [1.82, 2.24) is 4.90 Å². The highest BCUT2D eigenvalue weighted by atomic mass is 16.5. The van der Waals surface area contributed by atoms with Crippen LogP contribution in [0.25, 0.3) is 0 Å². The van der Waals surface area contributed by atoms with E-state index < -0.39 is 0 Å². The molecule has 20 heavy (non-hydrogen) atoms. The third-order valence-electron chi connectivity index (χ3n) is 5.17. The molecule has 0 aromatic heterocycles. The van der Waals surface area contributed by atoms with Gasteiger partial charge in [0.25, 0.3) is 0 Å². The van der Waals surface area contributed by atoms with Crippen molar-refractivity contribution in [2.45, 2.75) is 70.9 Å². The Morgan fingerprint density at radius 2 is 1.90 bits per heavy atom. The molecule has 0 radical (unpaired) electrons. The Kier molecular flexibility index (Phi) is 6.79. The SMILES string of the molecule is CC(C)CCN(C1CCCC1)C(CN)C1CCCOC1. The summed E-state index contributed by atoms with van der Waals surface area (Å²) in [6.45, 7) is 8.54. The van der Waals surface area contributed by atoms with Crippen LogP contribution in [0, 0.1) is 11.8 Å². The normalized spacial score (nSPS) is 26.6. The molecule has 0 aromatic carbocycles. The second kappa shape index (κ2) is 8.35. The zero-order valence-electron chi connectivity index (χ0n) is 13.5. The topological polar surface area (TPSA) is 38.5 Å². The Morgan fingerprint density at radius 3 is 2.45 bits per heavy atom. The first-order valence-electron chi connectivity index (χ1n) is 8.76. The van der Waals surface area contributed by atoms with E-state index in [9.17, 15) is 0 Å². The molecule has 2 fully saturated rings. The summed E-state index contributed by atoms with van der Waals surface area (Å²) in [5.74, 6) is 1.43. The zero-order chi connectivity index (χ0) is 14.4. The molecule has 2 aliphatic rings. The minimum absolute atomic E-state index is 0.539. The molecule has 3 nitrogen and oxygen atoms in total. The standard InChI is InChI=1S/C17H34N2O/c1-14(2)9-10-19(16-7-3-4-8-16)17(12-18)15-6-5-11-20-13-15/h14-17H,3-13,18H2,1-2H3. The molecule has 1 aliphatic heterocycles. The quantitative estimate of drug-likeness (QED) is 0.780. The Bertz CT molecular complexity index is 258. The summed E-state index contributed by atoms with van der Waals surface area (Å²) < 4.78 is 5.72. The van der Waals surface area contributed by atoms with Crippen LogP contribution in [0.4, 0.5) is 0 Å². The Morgan fingerprint density at radius 1 is 1.15 bits per heavy atom. The second-order valence-electron chi connectivity index (χ2n) is 7.14. The van der Waals surface area contributed by atoms with Gasteiger partial charge in [0.15, 0.2) is 0 Å². The van der Waals surface area contributed by atoms with Gasteiger partial charge in [0, 0.05) is 25.2 Å². The van der Waals surface area contributed by atoms with E-state index in [0.29, 0.717) is 12.0 Å². The van der Waals surface area contributed by atoms with Crippen LogP contribution in [0.1, 0.15) is 58.8 Å². The van der Waals surface area contributed by atoms with Gasteiger partial charge in [-0.1, -0.05) is 26.7 Å². The first-order chi connectivity index (χ1) is 9.72. The maximum atomic E-state index is 6.18. The van der Waals surface area contributed by atoms with Gasteiger partial charge >= 0.3 is 0 Å². The van der Waals surface area contributed by atoms with Crippen LogP contribution >= 0.6 is 0 Å². The summed E-state index contributed by atoms with van der Waals surface area (Å²) in [4.78, 5) is 2.77. The molecule has 0 aromatic rings. The highest BCUT2D eigenvalue weighted by Crippen LogP contribution is 2.30. The van der Waals surface area contributed by atoms with E-state index in [1.807, 2.05) is 0 Å². The molecule has 1 aliphatic carbocycles. The predicted molar refractivity (Wildman–Crippen MR) is 84.8 cm³/mol.